The molecule has 1 atom stereocenters. The third-order valence-corrected chi connectivity index (χ3v) is 4.47. The Kier molecular flexibility index (Phi) is 5.33. The first kappa shape index (κ1) is 17.0. The summed E-state index contributed by atoms with van der Waals surface area (Å²) in [4.78, 5) is 22.8. The number of carbonyl (C=O) groups excluding carboxylic acids is 1. The summed E-state index contributed by atoms with van der Waals surface area (Å²) in [5.74, 6) is 0.989. The van der Waals surface area contributed by atoms with Gasteiger partial charge in [0.2, 0.25) is 5.91 Å². The third-order valence-electron chi connectivity index (χ3n) is 4.47. The van der Waals surface area contributed by atoms with E-state index in [2.05, 4.69) is 32.6 Å². The van der Waals surface area contributed by atoms with E-state index in [0.717, 1.165) is 30.8 Å². The summed E-state index contributed by atoms with van der Waals surface area (Å²) in [6.07, 6.45) is 5.24. The van der Waals surface area contributed by atoms with E-state index < -0.39 is 0 Å². The number of nitrogens with zero attached hydrogens (tertiary/aromatic N) is 3. The molecule has 1 aromatic heterocycles. The number of aromatic nitrogens is 2. The molecule has 0 bridgehead atoms. The van der Waals surface area contributed by atoms with Crippen LogP contribution in [0.5, 0.6) is 0 Å². The topological polar surface area (TPSA) is 96.2 Å². The second-order valence-electron chi connectivity index (χ2n) is 6.33. The van der Waals surface area contributed by atoms with Crippen LogP contribution in [0.25, 0.3) is 0 Å². The van der Waals surface area contributed by atoms with Crippen LogP contribution in [0.15, 0.2) is 36.7 Å². The Hall–Kier alpha value is -2.83. The van der Waals surface area contributed by atoms with Crippen LogP contribution in [0.4, 0.5) is 17.3 Å². The van der Waals surface area contributed by atoms with Crippen LogP contribution >= 0.6 is 0 Å². The Bertz CT molecular complexity index is 721. The lowest BCUT2D eigenvalue weighted by Crippen LogP contribution is -2.39. The molecule has 1 saturated heterocycles. The number of rotatable bonds is 5. The Morgan fingerprint density at radius 3 is 2.84 bits per heavy atom. The van der Waals surface area contributed by atoms with Crippen molar-refractivity contribution >= 4 is 23.2 Å². The maximum absolute atomic E-state index is 12.1. The van der Waals surface area contributed by atoms with Crippen molar-refractivity contribution in [2.24, 2.45) is 0 Å². The molecule has 0 spiro atoms. The van der Waals surface area contributed by atoms with Crippen molar-refractivity contribution in [2.45, 2.75) is 38.6 Å². The molecule has 2 aromatic rings. The summed E-state index contributed by atoms with van der Waals surface area (Å²) >= 11 is 0. The lowest BCUT2D eigenvalue weighted by atomic mass is 10.0. The highest BCUT2D eigenvalue weighted by Crippen LogP contribution is 2.30. The van der Waals surface area contributed by atoms with Gasteiger partial charge in [0.05, 0.1) is 6.42 Å². The number of nitrogens with two attached hydrogens (primary N) is 1. The van der Waals surface area contributed by atoms with Gasteiger partial charge in [-0.2, -0.15) is 0 Å². The molecule has 1 amide bonds. The zero-order valence-corrected chi connectivity index (χ0v) is 14.4. The summed E-state index contributed by atoms with van der Waals surface area (Å²) in [7, 11) is 0. The molecule has 25 heavy (non-hydrogen) atoms. The molecule has 1 aromatic carbocycles. The molecule has 3 rings (SSSR count). The molecule has 0 aliphatic carbocycles. The highest BCUT2D eigenvalue weighted by atomic mass is 16.2. The van der Waals surface area contributed by atoms with Crippen LogP contribution < -0.4 is 21.5 Å². The normalized spacial score (nSPS) is 17.2. The van der Waals surface area contributed by atoms with Crippen molar-refractivity contribution in [3.8, 4) is 0 Å². The second-order valence-corrected chi connectivity index (χ2v) is 6.33. The van der Waals surface area contributed by atoms with E-state index in [1.165, 1.54) is 12.7 Å². The van der Waals surface area contributed by atoms with Crippen molar-refractivity contribution in [1.82, 2.24) is 15.4 Å². The fourth-order valence-corrected chi connectivity index (χ4v) is 3.08. The van der Waals surface area contributed by atoms with Crippen LogP contribution in [0.3, 0.4) is 0 Å². The number of hydrogen-bond donors (Lipinski definition) is 3. The van der Waals surface area contributed by atoms with Crippen LogP contribution in [0.1, 0.15) is 31.7 Å². The lowest BCUT2D eigenvalue weighted by molar-refractivity contribution is -0.119. The number of carbonyl (C=O) groups is 1. The van der Waals surface area contributed by atoms with Gasteiger partial charge in [-0.1, -0.05) is 30.3 Å². The molecule has 1 fully saturated rings. The number of hydrazine groups is 1. The smallest absolute Gasteiger partial charge is 0.242 e. The first-order valence-corrected chi connectivity index (χ1v) is 8.61. The number of nitrogens with one attached hydrogen (secondary N) is 2. The average molecular weight is 340 g/mol. The van der Waals surface area contributed by atoms with E-state index >= 15 is 0 Å². The predicted molar refractivity (Wildman–Crippen MR) is 99.0 cm³/mol. The number of amides is 1. The maximum Gasteiger partial charge on any atom is 0.242 e. The maximum atomic E-state index is 12.1. The minimum absolute atomic E-state index is 0.155. The fraction of sp³-hybridized carbons (Fsp3) is 0.389. The minimum atomic E-state index is -0.155. The van der Waals surface area contributed by atoms with Gasteiger partial charge in [0.25, 0.3) is 0 Å². The molecule has 1 unspecified atom stereocenters. The Labute approximate surface area is 147 Å². The van der Waals surface area contributed by atoms with Crippen molar-refractivity contribution in [2.75, 3.05) is 22.6 Å². The molecule has 2 heterocycles. The Balaban J connectivity index is 1.65. The molecule has 1 aliphatic rings. The molecule has 7 heteroatoms. The summed E-state index contributed by atoms with van der Waals surface area (Å²) in [5.41, 5.74) is 13.1. The number of anilines is 3. The van der Waals surface area contributed by atoms with Gasteiger partial charge in [0.1, 0.15) is 12.0 Å². The number of nitrogen functional groups attached to an aromatic ring is 1. The van der Waals surface area contributed by atoms with Gasteiger partial charge in [-0.25, -0.2) is 9.97 Å². The van der Waals surface area contributed by atoms with Gasteiger partial charge < -0.3 is 10.6 Å². The standard InChI is InChI=1S/C18H24N6O/c1-13-7-5-6-10-24(13)18-16(19)17(20-12-21-18)23-22-15(25)11-14-8-3-2-4-9-14/h2-4,8-9,12-13H,5-7,10-11,19H2,1H3,(H,22,25)(H,20,21,23). The monoisotopic (exact) mass is 340 g/mol. The van der Waals surface area contributed by atoms with Gasteiger partial charge in [-0.3, -0.25) is 15.6 Å². The van der Waals surface area contributed by atoms with Gasteiger partial charge in [-0.15, -0.1) is 0 Å². The summed E-state index contributed by atoms with van der Waals surface area (Å²) in [6, 6.07) is 9.95. The number of piperidine rings is 1. The van der Waals surface area contributed by atoms with Gasteiger partial charge >= 0.3 is 0 Å². The fourth-order valence-electron chi connectivity index (χ4n) is 3.08. The quantitative estimate of drug-likeness (QED) is 0.722. The van der Waals surface area contributed by atoms with E-state index in [-0.39, 0.29) is 12.3 Å². The summed E-state index contributed by atoms with van der Waals surface area (Å²) in [6.45, 7) is 3.11. The highest BCUT2D eigenvalue weighted by molar-refractivity contribution is 5.82. The molecule has 7 nitrogen and oxygen atoms in total. The third kappa shape index (κ3) is 4.17. The lowest BCUT2D eigenvalue weighted by Gasteiger charge is -2.35. The Morgan fingerprint density at radius 2 is 2.08 bits per heavy atom. The first-order valence-electron chi connectivity index (χ1n) is 8.61. The summed E-state index contributed by atoms with van der Waals surface area (Å²) in [5, 5.41) is 0. The van der Waals surface area contributed by atoms with Crippen LogP contribution in [-0.4, -0.2) is 28.5 Å². The largest absolute Gasteiger partial charge is 0.393 e. The van der Waals surface area contributed by atoms with Crippen LogP contribution in [0, 0.1) is 0 Å². The molecule has 132 valence electrons. The molecule has 0 saturated carbocycles. The second kappa shape index (κ2) is 7.83. The number of benzene rings is 1. The number of hydrogen-bond acceptors (Lipinski definition) is 6. The van der Waals surface area contributed by atoms with E-state index in [4.69, 9.17) is 5.73 Å². The van der Waals surface area contributed by atoms with Crippen LogP contribution in [0.2, 0.25) is 0 Å². The van der Waals surface area contributed by atoms with Gasteiger partial charge in [-0.05, 0) is 31.7 Å². The van der Waals surface area contributed by atoms with Crippen molar-refractivity contribution in [1.29, 1.82) is 0 Å². The molecule has 0 radical (unpaired) electrons. The van der Waals surface area contributed by atoms with Crippen molar-refractivity contribution < 1.29 is 4.79 Å². The van der Waals surface area contributed by atoms with E-state index in [1.54, 1.807) is 0 Å². The average Bonchev–Trinajstić information content (AvgIpc) is 2.62. The summed E-state index contributed by atoms with van der Waals surface area (Å²) < 4.78 is 0. The molecular weight excluding hydrogens is 316 g/mol. The molecule has 1 aliphatic heterocycles. The molecular formula is C18H24N6O. The van der Waals surface area contributed by atoms with Crippen LogP contribution in [-0.2, 0) is 11.2 Å². The van der Waals surface area contributed by atoms with Crippen molar-refractivity contribution in [3.05, 3.63) is 42.2 Å². The highest BCUT2D eigenvalue weighted by Gasteiger charge is 2.23. The zero-order valence-electron chi connectivity index (χ0n) is 14.4. The van der Waals surface area contributed by atoms with Gasteiger partial charge in [0.15, 0.2) is 11.6 Å². The van der Waals surface area contributed by atoms with E-state index in [9.17, 15) is 4.79 Å². The zero-order chi connectivity index (χ0) is 17.6. The Morgan fingerprint density at radius 1 is 1.28 bits per heavy atom. The van der Waals surface area contributed by atoms with Crippen molar-refractivity contribution in [3.63, 3.8) is 0 Å². The van der Waals surface area contributed by atoms with Gasteiger partial charge in [0, 0.05) is 12.6 Å². The minimum Gasteiger partial charge on any atom is -0.393 e. The SMILES string of the molecule is CC1CCCCN1c1ncnc(NNC(=O)Cc2ccccc2)c1N. The predicted octanol–water partition coefficient (Wildman–Crippen LogP) is 2.12. The van der Waals surface area contributed by atoms with E-state index in [0.29, 0.717) is 17.5 Å². The molecule has 4 N–H and O–H groups in total. The first-order chi connectivity index (χ1) is 12.1. The van der Waals surface area contributed by atoms with E-state index in [1.807, 2.05) is 30.3 Å².